The van der Waals surface area contributed by atoms with Gasteiger partial charge in [0.15, 0.2) is 0 Å². The number of rotatable bonds is 7. The van der Waals surface area contributed by atoms with Crippen LogP contribution in [0.2, 0.25) is 0 Å². The molecular formula is C17H29BrN2S. The SMILES string of the molecule is CSCCC(C)N(C)c1ccc(CNC(C)(C)C)c(Br)c1. The van der Waals surface area contributed by atoms with Crippen LogP contribution in [0.5, 0.6) is 0 Å². The highest BCUT2D eigenvalue weighted by Crippen LogP contribution is 2.26. The lowest BCUT2D eigenvalue weighted by Crippen LogP contribution is -2.35. The van der Waals surface area contributed by atoms with Crippen molar-refractivity contribution >= 4 is 33.4 Å². The topological polar surface area (TPSA) is 15.3 Å². The van der Waals surface area contributed by atoms with Gasteiger partial charge in [-0.3, -0.25) is 0 Å². The smallest absolute Gasteiger partial charge is 0.0377 e. The summed E-state index contributed by atoms with van der Waals surface area (Å²) in [6.45, 7) is 9.75. The molecule has 1 N–H and O–H groups in total. The second-order valence-electron chi connectivity index (χ2n) is 6.62. The molecule has 1 aromatic rings. The van der Waals surface area contributed by atoms with Crippen molar-refractivity contribution < 1.29 is 0 Å². The zero-order valence-electron chi connectivity index (χ0n) is 14.2. The van der Waals surface area contributed by atoms with E-state index in [-0.39, 0.29) is 5.54 Å². The van der Waals surface area contributed by atoms with Crippen molar-refractivity contribution in [1.82, 2.24) is 5.32 Å². The minimum Gasteiger partial charge on any atom is -0.372 e. The summed E-state index contributed by atoms with van der Waals surface area (Å²) in [5.74, 6) is 1.21. The molecular weight excluding hydrogens is 344 g/mol. The van der Waals surface area contributed by atoms with Crippen LogP contribution in [0, 0.1) is 0 Å². The van der Waals surface area contributed by atoms with Gasteiger partial charge in [-0.05, 0) is 63.8 Å². The van der Waals surface area contributed by atoms with Gasteiger partial charge in [-0.2, -0.15) is 11.8 Å². The van der Waals surface area contributed by atoms with E-state index >= 15 is 0 Å². The average Bonchev–Trinajstić information content (AvgIpc) is 2.41. The molecule has 0 saturated carbocycles. The lowest BCUT2D eigenvalue weighted by atomic mass is 10.1. The standard InChI is InChI=1S/C17H29BrN2S/c1-13(9-10-21-6)20(5)15-8-7-14(16(18)11-15)12-19-17(2,3)4/h7-8,11,13,19H,9-10,12H2,1-6H3. The molecule has 21 heavy (non-hydrogen) atoms. The molecule has 0 aliphatic heterocycles. The summed E-state index contributed by atoms with van der Waals surface area (Å²) in [5, 5.41) is 3.53. The van der Waals surface area contributed by atoms with E-state index in [4.69, 9.17) is 0 Å². The molecule has 0 aliphatic carbocycles. The van der Waals surface area contributed by atoms with Crippen LogP contribution < -0.4 is 10.2 Å². The van der Waals surface area contributed by atoms with Gasteiger partial charge >= 0.3 is 0 Å². The Morgan fingerprint density at radius 1 is 1.33 bits per heavy atom. The van der Waals surface area contributed by atoms with E-state index in [1.54, 1.807) is 0 Å². The van der Waals surface area contributed by atoms with Crippen LogP contribution in [-0.2, 0) is 6.54 Å². The van der Waals surface area contributed by atoms with Crippen LogP contribution in [0.1, 0.15) is 39.7 Å². The third-order valence-electron chi connectivity index (χ3n) is 3.65. The first kappa shape index (κ1) is 18.9. The Bertz CT molecular complexity index is 443. The lowest BCUT2D eigenvalue weighted by Gasteiger charge is -2.28. The highest BCUT2D eigenvalue weighted by Gasteiger charge is 2.13. The summed E-state index contributed by atoms with van der Waals surface area (Å²) in [4.78, 5) is 2.36. The highest BCUT2D eigenvalue weighted by atomic mass is 79.9. The number of anilines is 1. The van der Waals surface area contributed by atoms with E-state index in [1.807, 2.05) is 11.8 Å². The van der Waals surface area contributed by atoms with Gasteiger partial charge in [0.2, 0.25) is 0 Å². The van der Waals surface area contributed by atoms with Gasteiger partial charge in [-0.15, -0.1) is 0 Å². The molecule has 2 nitrogen and oxygen atoms in total. The second-order valence-corrected chi connectivity index (χ2v) is 8.46. The van der Waals surface area contributed by atoms with Crippen molar-refractivity contribution in [1.29, 1.82) is 0 Å². The third-order valence-corrected chi connectivity index (χ3v) is 5.04. The van der Waals surface area contributed by atoms with E-state index in [2.05, 4.69) is 85.3 Å². The molecule has 0 aromatic heterocycles. The summed E-state index contributed by atoms with van der Waals surface area (Å²) < 4.78 is 1.18. The first-order valence-corrected chi connectivity index (χ1v) is 9.68. The zero-order valence-corrected chi connectivity index (χ0v) is 16.6. The first-order chi connectivity index (χ1) is 9.74. The van der Waals surface area contributed by atoms with Crippen LogP contribution in [0.4, 0.5) is 5.69 Å². The highest BCUT2D eigenvalue weighted by molar-refractivity contribution is 9.10. The number of hydrogen-bond acceptors (Lipinski definition) is 3. The molecule has 1 unspecified atom stereocenters. The molecule has 0 bridgehead atoms. The van der Waals surface area contributed by atoms with Crippen molar-refractivity contribution in [2.45, 2.75) is 52.2 Å². The van der Waals surface area contributed by atoms with Gasteiger partial charge in [0.25, 0.3) is 0 Å². The predicted molar refractivity (Wildman–Crippen MR) is 102 cm³/mol. The molecule has 0 heterocycles. The molecule has 0 saturated heterocycles. The number of thioether (sulfide) groups is 1. The fourth-order valence-corrected chi connectivity index (χ4v) is 3.08. The maximum Gasteiger partial charge on any atom is 0.0377 e. The summed E-state index contributed by atoms with van der Waals surface area (Å²) in [7, 11) is 2.18. The Labute approximate surface area is 143 Å². The van der Waals surface area contributed by atoms with E-state index in [1.165, 1.54) is 27.9 Å². The van der Waals surface area contributed by atoms with E-state index in [0.717, 1.165) is 6.54 Å². The molecule has 1 aromatic carbocycles. The first-order valence-electron chi connectivity index (χ1n) is 7.50. The number of halogens is 1. The predicted octanol–water partition coefficient (Wildman–Crippen LogP) is 4.92. The quantitative estimate of drug-likeness (QED) is 0.731. The van der Waals surface area contributed by atoms with Crippen LogP contribution in [0.3, 0.4) is 0 Å². The fraction of sp³-hybridized carbons (Fsp3) is 0.647. The third kappa shape index (κ3) is 6.62. The molecule has 1 rings (SSSR count). The minimum absolute atomic E-state index is 0.140. The van der Waals surface area contributed by atoms with Crippen molar-refractivity contribution in [3.63, 3.8) is 0 Å². The molecule has 4 heteroatoms. The lowest BCUT2D eigenvalue weighted by molar-refractivity contribution is 0.424. The van der Waals surface area contributed by atoms with Crippen LogP contribution in [-0.4, -0.2) is 30.6 Å². The van der Waals surface area contributed by atoms with Gasteiger partial charge in [0.05, 0.1) is 0 Å². The van der Waals surface area contributed by atoms with E-state index < -0.39 is 0 Å². The molecule has 1 atom stereocenters. The van der Waals surface area contributed by atoms with Crippen molar-refractivity contribution in [2.24, 2.45) is 0 Å². The Hall–Kier alpha value is -0.190. The van der Waals surface area contributed by atoms with E-state index in [9.17, 15) is 0 Å². The maximum absolute atomic E-state index is 3.71. The summed E-state index contributed by atoms with van der Waals surface area (Å²) in [6.07, 6.45) is 3.38. The Balaban J connectivity index is 2.72. The summed E-state index contributed by atoms with van der Waals surface area (Å²) in [6, 6.07) is 7.23. The maximum atomic E-state index is 3.71. The largest absolute Gasteiger partial charge is 0.372 e. The van der Waals surface area contributed by atoms with E-state index in [0.29, 0.717) is 6.04 Å². The number of nitrogens with zero attached hydrogens (tertiary/aromatic N) is 1. The number of hydrogen-bond donors (Lipinski definition) is 1. The van der Waals surface area contributed by atoms with Gasteiger partial charge in [0, 0.05) is 35.3 Å². The van der Waals surface area contributed by atoms with Gasteiger partial charge < -0.3 is 10.2 Å². The van der Waals surface area contributed by atoms with Crippen LogP contribution in [0.25, 0.3) is 0 Å². The fourth-order valence-electron chi connectivity index (χ4n) is 2.00. The zero-order chi connectivity index (χ0) is 16.0. The summed E-state index contributed by atoms with van der Waals surface area (Å²) >= 11 is 5.63. The molecule has 0 aliphatic rings. The van der Waals surface area contributed by atoms with Gasteiger partial charge in [-0.1, -0.05) is 22.0 Å². The van der Waals surface area contributed by atoms with Crippen molar-refractivity contribution in [3.8, 4) is 0 Å². The van der Waals surface area contributed by atoms with Gasteiger partial charge in [0.1, 0.15) is 0 Å². The molecule has 0 amide bonds. The molecule has 120 valence electrons. The monoisotopic (exact) mass is 372 g/mol. The Morgan fingerprint density at radius 3 is 2.52 bits per heavy atom. The molecule has 0 radical (unpaired) electrons. The van der Waals surface area contributed by atoms with Crippen LogP contribution in [0.15, 0.2) is 22.7 Å². The Morgan fingerprint density at radius 2 is 2.00 bits per heavy atom. The molecule has 0 spiro atoms. The molecule has 0 fully saturated rings. The van der Waals surface area contributed by atoms with Crippen molar-refractivity contribution in [3.05, 3.63) is 28.2 Å². The number of benzene rings is 1. The van der Waals surface area contributed by atoms with Crippen LogP contribution >= 0.6 is 27.7 Å². The second kappa shape index (κ2) is 8.44. The normalized spacial score (nSPS) is 13.3. The van der Waals surface area contributed by atoms with Crippen molar-refractivity contribution in [2.75, 3.05) is 24.0 Å². The number of nitrogens with one attached hydrogen (secondary N) is 1. The average molecular weight is 373 g/mol. The van der Waals surface area contributed by atoms with Gasteiger partial charge in [-0.25, -0.2) is 0 Å². The summed E-state index contributed by atoms with van der Waals surface area (Å²) in [5.41, 5.74) is 2.72. The minimum atomic E-state index is 0.140. The Kier molecular flexibility index (Phi) is 7.58.